The molecule has 0 saturated carbocycles. The molecule has 2 aliphatic heterocycles. The van der Waals surface area contributed by atoms with Crippen LogP contribution in [0.4, 0.5) is 0 Å². The highest BCUT2D eigenvalue weighted by Gasteiger charge is 2.42. The molecule has 1 atom stereocenters. The van der Waals surface area contributed by atoms with Crippen LogP contribution in [-0.2, 0) is 14.6 Å². The maximum Gasteiger partial charge on any atom is 0.266 e. The Kier molecular flexibility index (Phi) is 4.50. The van der Waals surface area contributed by atoms with Crippen molar-refractivity contribution in [2.24, 2.45) is 0 Å². The fourth-order valence-electron chi connectivity index (χ4n) is 3.09. The molecule has 2 saturated heterocycles. The lowest BCUT2D eigenvalue weighted by Gasteiger charge is -2.20. The molecule has 4 rings (SSSR count). The third-order valence-electron chi connectivity index (χ3n) is 4.36. The minimum Gasteiger partial charge on any atom is -0.457 e. The first-order chi connectivity index (χ1) is 12.4. The molecule has 1 aromatic heterocycles. The van der Waals surface area contributed by atoms with E-state index in [-0.39, 0.29) is 23.5 Å². The van der Waals surface area contributed by atoms with E-state index < -0.39 is 9.84 Å². The summed E-state index contributed by atoms with van der Waals surface area (Å²) >= 11 is 6.49. The van der Waals surface area contributed by atoms with Gasteiger partial charge in [0.05, 0.1) is 22.5 Å². The van der Waals surface area contributed by atoms with Crippen LogP contribution in [0.1, 0.15) is 12.2 Å². The molecule has 1 amide bonds. The Bertz CT molecular complexity index is 1010. The van der Waals surface area contributed by atoms with Crippen molar-refractivity contribution in [2.75, 3.05) is 11.5 Å². The minimum absolute atomic E-state index is 0.0222. The Morgan fingerprint density at radius 1 is 1.19 bits per heavy atom. The van der Waals surface area contributed by atoms with Gasteiger partial charge in [0.15, 0.2) is 9.84 Å². The SMILES string of the molecule is O=C1C(=Cc2ccc(-c3ccccc3)o2)SC(=S)N1C1CCS(=O)(=O)C1. The fraction of sp³-hybridized carbons (Fsp3) is 0.222. The van der Waals surface area contributed by atoms with E-state index in [4.69, 9.17) is 16.6 Å². The highest BCUT2D eigenvalue weighted by atomic mass is 32.2. The van der Waals surface area contributed by atoms with Gasteiger partial charge in [0.1, 0.15) is 15.8 Å². The Balaban J connectivity index is 1.56. The fourth-order valence-corrected chi connectivity index (χ4v) is 6.17. The first kappa shape index (κ1) is 17.5. The molecular weight excluding hydrogens is 390 g/mol. The van der Waals surface area contributed by atoms with Crippen LogP contribution in [0.15, 0.2) is 51.8 Å². The van der Waals surface area contributed by atoms with E-state index in [0.717, 1.165) is 5.56 Å². The summed E-state index contributed by atoms with van der Waals surface area (Å²) in [6.45, 7) is 0. The lowest BCUT2D eigenvalue weighted by atomic mass is 10.2. The van der Waals surface area contributed by atoms with Crippen molar-refractivity contribution in [2.45, 2.75) is 12.5 Å². The van der Waals surface area contributed by atoms with Crippen LogP contribution in [-0.4, -0.2) is 41.1 Å². The summed E-state index contributed by atoms with van der Waals surface area (Å²) in [6, 6.07) is 13.0. The number of amides is 1. The van der Waals surface area contributed by atoms with Crippen molar-refractivity contribution in [3.8, 4) is 11.3 Å². The molecule has 2 aromatic rings. The first-order valence-corrected chi connectivity index (χ1v) is 11.1. The molecular formula is C18H15NO4S3. The smallest absolute Gasteiger partial charge is 0.266 e. The molecule has 0 N–H and O–H groups in total. The standard InChI is InChI=1S/C18H15NO4S3/c20-17-16(25-18(24)19(17)13-8-9-26(21,22)11-13)10-14-6-7-15(23-14)12-4-2-1-3-5-12/h1-7,10,13H,8-9,11H2. The average molecular weight is 406 g/mol. The zero-order chi connectivity index (χ0) is 18.3. The normalized spacial score (nSPS) is 23.9. The van der Waals surface area contributed by atoms with Crippen molar-refractivity contribution < 1.29 is 17.6 Å². The summed E-state index contributed by atoms with van der Waals surface area (Å²) < 4.78 is 29.6. The van der Waals surface area contributed by atoms with E-state index in [1.165, 1.54) is 16.7 Å². The van der Waals surface area contributed by atoms with Crippen molar-refractivity contribution >= 4 is 50.1 Å². The van der Waals surface area contributed by atoms with Gasteiger partial charge in [0.2, 0.25) is 0 Å². The van der Waals surface area contributed by atoms with Crippen LogP contribution in [0, 0.1) is 0 Å². The zero-order valence-corrected chi connectivity index (χ0v) is 16.1. The average Bonchev–Trinajstić information content (AvgIpc) is 3.28. The second kappa shape index (κ2) is 6.68. The van der Waals surface area contributed by atoms with Crippen LogP contribution >= 0.6 is 24.0 Å². The van der Waals surface area contributed by atoms with E-state index >= 15 is 0 Å². The van der Waals surface area contributed by atoms with Gasteiger partial charge >= 0.3 is 0 Å². The van der Waals surface area contributed by atoms with Crippen LogP contribution in [0.2, 0.25) is 0 Å². The Labute approximate surface area is 161 Å². The van der Waals surface area contributed by atoms with Gasteiger partial charge in [-0.2, -0.15) is 0 Å². The monoisotopic (exact) mass is 405 g/mol. The number of nitrogens with zero attached hydrogens (tertiary/aromatic N) is 1. The molecule has 26 heavy (non-hydrogen) atoms. The van der Waals surface area contributed by atoms with Crippen molar-refractivity contribution in [3.63, 3.8) is 0 Å². The number of carbonyl (C=O) groups is 1. The van der Waals surface area contributed by atoms with Crippen molar-refractivity contribution in [1.29, 1.82) is 0 Å². The van der Waals surface area contributed by atoms with Crippen LogP contribution in [0.3, 0.4) is 0 Å². The number of furan rings is 1. The molecule has 3 heterocycles. The second-order valence-electron chi connectivity index (χ2n) is 6.18. The highest BCUT2D eigenvalue weighted by molar-refractivity contribution is 8.26. The van der Waals surface area contributed by atoms with Gasteiger partial charge in [-0.05, 0) is 18.6 Å². The molecule has 0 spiro atoms. The van der Waals surface area contributed by atoms with E-state index in [9.17, 15) is 13.2 Å². The molecule has 1 aromatic carbocycles. The third-order valence-corrected chi connectivity index (χ3v) is 7.44. The van der Waals surface area contributed by atoms with Gasteiger partial charge < -0.3 is 4.42 Å². The number of sulfone groups is 1. The van der Waals surface area contributed by atoms with E-state index in [1.807, 2.05) is 36.4 Å². The quantitative estimate of drug-likeness (QED) is 0.576. The molecule has 2 aliphatic rings. The number of benzene rings is 1. The van der Waals surface area contributed by atoms with Crippen LogP contribution < -0.4 is 0 Å². The molecule has 1 unspecified atom stereocenters. The van der Waals surface area contributed by atoms with Crippen molar-refractivity contribution in [1.82, 2.24) is 4.90 Å². The lowest BCUT2D eigenvalue weighted by molar-refractivity contribution is -0.123. The molecule has 134 valence electrons. The maximum atomic E-state index is 12.7. The van der Waals surface area contributed by atoms with E-state index in [0.29, 0.717) is 27.2 Å². The van der Waals surface area contributed by atoms with Crippen LogP contribution in [0.25, 0.3) is 17.4 Å². The summed E-state index contributed by atoms with van der Waals surface area (Å²) in [5.74, 6) is 1.11. The van der Waals surface area contributed by atoms with Gasteiger partial charge in [0, 0.05) is 11.6 Å². The minimum atomic E-state index is -3.08. The van der Waals surface area contributed by atoms with Gasteiger partial charge in [0.25, 0.3) is 5.91 Å². The number of rotatable bonds is 3. The number of hydrogen-bond acceptors (Lipinski definition) is 6. The molecule has 0 bridgehead atoms. The summed E-state index contributed by atoms with van der Waals surface area (Å²) in [5, 5.41) is 0. The first-order valence-electron chi connectivity index (χ1n) is 8.06. The Hall–Kier alpha value is -1.90. The topological polar surface area (TPSA) is 67.6 Å². The summed E-state index contributed by atoms with van der Waals surface area (Å²) in [5.41, 5.74) is 0.955. The maximum absolute atomic E-state index is 12.7. The van der Waals surface area contributed by atoms with Gasteiger partial charge in [-0.3, -0.25) is 9.69 Å². The summed E-state index contributed by atoms with van der Waals surface area (Å²) in [6.07, 6.45) is 2.09. The number of carbonyl (C=O) groups excluding carboxylic acids is 1. The predicted octanol–water partition coefficient (Wildman–Crippen LogP) is 3.33. The summed E-state index contributed by atoms with van der Waals surface area (Å²) in [7, 11) is -3.08. The third kappa shape index (κ3) is 3.36. The van der Waals surface area contributed by atoms with E-state index in [1.54, 1.807) is 12.1 Å². The van der Waals surface area contributed by atoms with E-state index in [2.05, 4.69) is 0 Å². The van der Waals surface area contributed by atoms with Gasteiger partial charge in [-0.25, -0.2) is 8.42 Å². The molecule has 0 aliphatic carbocycles. The zero-order valence-electron chi connectivity index (χ0n) is 13.6. The number of thiocarbonyl (C=S) groups is 1. The van der Waals surface area contributed by atoms with Crippen LogP contribution in [0.5, 0.6) is 0 Å². The highest BCUT2D eigenvalue weighted by Crippen LogP contribution is 2.36. The van der Waals surface area contributed by atoms with Crippen molar-refractivity contribution in [3.05, 3.63) is 53.1 Å². The largest absolute Gasteiger partial charge is 0.457 e. The lowest BCUT2D eigenvalue weighted by Crippen LogP contribution is -2.39. The number of hydrogen-bond donors (Lipinski definition) is 0. The summed E-state index contributed by atoms with van der Waals surface area (Å²) in [4.78, 5) is 14.6. The Morgan fingerprint density at radius 2 is 1.96 bits per heavy atom. The molecule has 2 fully saturated rings. The predicted molar refractivity (Wildman–Crippen MR) is 106 cm³/mol. The Morgan fingerprint density at radius 3 is 2.65 bits per heavy atom. The number of thioether (sulfide) groups is 1. The van der Waals surface area contributed by atoms with Gasteiger partial charge in [-0.1, -0.05) is 54.3 Å². The second-order valence-corrected chi connectivity index (χ2v) is 10.1. The molecule has 0 radical (unpaired) electrons. The van der Waals surface area contributed by atoms with Gasteiger partial charge in [-0.15, -0.1) is 0 Å². The molecule has 5 nitrogen and oxygen atoms in total. The molecule has 8 heteroatoms.